The Morgan fingerprint density at radius 2 is 1.96 bits per heavy atom. The fraction of sp³-hybridized carbons (Fsp3) is 0.353. The van der Waals surface area contributed by atoms with Gasteiger partial charge in [0.15, 0.2) is 0 Å². The Morgan fingerprint density at radius 1 is 1.24 bits per heavy atom. The first-order chi connectivity index (χ1) is 12.1. The van der Waals surface area contributed by atoms with Crippen LogP contribution in [0.4, 0.5) is 22.2 Å². The Hall–Kier alpha value is -2.87. The van der Waals surface area contributed by atoms with Gasteiger partial charge in [-0.2, -0.15) is 4.98 Å². The molecular weight excluding hydrogens is 322 g/mol. The maximum atomic E-state index is 12.4. The molecule has 0 saturated heterocycles. The van der Waals surface area contributed by atoms with Crippen molar-refractivity contribution in [1.29, 1.82) is 0 Å². The van der Waals surface area contributed by atoms with Crippen molar-refractivity contribution < 1.29 is 14.3 Å². The van der Waals surface area contributed by atoms with Crippen molar-refractivity contribution in [2.24, 2.45) is 0 Å². The minimum Gasteiger partial charge on any atom is -0.497 e. The van der Waals surface area contributed by atoms with Gasteiger partial charge in [0.05, 0.1) is 19.4 Å². The maximum absolute atomic E-state index is 12.4. The summed E-state index contributed by atoms with van der Waals surface area (Å²) in [6.07, 6.45) is 1.60. The second-order valence-electron chi connectivity index (χ2n) is 5.33. The van der Waals surface area contributed by atoms with Crippen molar-refractivity contribution in [3.05, 3.63) is 36.5 Å². The van der Waals surface area contributed by atoms with Gasteiger partial charge in [-0.1, -0.05) is 0 Å². The summed E-state index contributed by atoms with van der Waals surface area (Å²) < 4.78 is 10.3. The molecule has 2 N–H and O–H groups in total. The predicted octanol–water partition coefficient (Wildman–Crippen LogP) is 2.41. The van der Waals surface area contributed by atoms with Gasteiger partial charge in [-0.05, 0) is 31.2 Å². The van der Waals surface area contributed by atoms with Crippen LogP contribution in [0.1, 0.15) is 6.92 Å². The number of urea groups is 1. The number of anilines is 3. The van der Waals surface area contributed by atoms with Gasteiger partial charge in [-0.25, -0.2) is 14.7 Å². The largest absolute Gasteiger partial charge is 0.497 e. The summed E-state index contributed by atoms with van der Waals surface area (Å²) in [5.41, 5.74) is 0.662. The van der Waals surface area contributed by atoms with Crippen LogP contribution in [0.5, 0.6) is 5.75 Å². The number of rotatable bonds is 7. The first-order valence-electron chi connectivity index (χ1n) is 7.83. The van der Waals surface area contributed by atoms with Gasteiger partial charge in [0, 0.05) is 32.5 Å². The third-order valence-electron chi connectivity index (χ3n) is 3.41. The molecule has 8 heteroatoms. The number of nitrogens with one attached hydrogen (secondary N) is 2. The number of hydrogen-bond donors (Lipinski definition) is 2. The quantitative estimate of drug-likeness (QED) is 0.801. The summed E-state index contributed by atoms with van der Waals surface area (Å²) in [7, 11) is 4.79. The molecule has 0 aliphatic rings. The second kappa shape index (κ2) is 8.84. The van der Waals surface area contributed by atoms with Crippen molar-refractivity contribution in [3.8, 4) is 5.75 Å². The highest BCUT2D eigenvalue weighted by Crippen LogP contribution is 2.26. The maximum Gasteiger partial charge on any atom is 0.327 e. The fourth-order valence-corrected chi connectivity index (χ4v) is 2.25. The molecule has 2 rings (SSSR count). The van der Waals surface area contributed by atoms with Crippen LogP contribution in [0.15, 0.2) is 36.5 Å². The van der Waals surface area contributed by atoms with Gasteiger partial charge < -0.3 is 20.1 Å². The molecule has 1 heterocycles. The number of carbonyl (C=O) groups is 1. The highest BCUT2D eigenvalue weighted by molar-refractivity contribution is 5.98. The molecule has 134 valence electrons. The van der Waals surface area contributed by atoms with E-state index >= 15 is 0 Å². The van der Waals surface area contributed by atoms with Crippen LogP contribution in [-0.4, -0.2) is 49.9 Å². The summed E-state index contributed by atoms with van der Waals surface area (Å²) in [6, 6.07) is 8.55. The van der Waals surface area contributed by atoms with E-state index in [1.807, 2.05) is 6.92 Å². The first-order valence-corrected chi connectivity index (χ1v) is 7.83. The molecule has 25 heavy (non-hydrogen) atoms. The van der Waals surface area contributed by atoms with E-state index in [-0.39, 0.29) is 12.1 Å². The number of carbonyl (C=O) groups excluding carboxylic acids is 1. The highest BCUT2D eigenvalue weighted by Gasteiger charge is 2.19. The lowest BCUT2D eigenvalue weighted by Crippen LogP contribution is -2.35. The molecule has 0 spiro atoms. The second-order valence-corrected chi connectivity index (χ2v) is 5.33. The zero-order valence-corrected chi connectivity index (χ0v) is 14.8. The molecule has 2 amide bonds. The summed E-state index contributed by atoms with van der Waals surface area (Å²) in [4.78, 5) is 22.5. The van der Waals surface area contributed by atoms with Gasteiger partial charge in [0.1, 0.15) is 11.6 Å². The van der Waals surface area contributed by atoms with Crippen LogP contribution in [-0.2, 0) is 4.74 Å². The third kappa shape index (κ3) is 4.80. The Morgan fingerprint density at radius 3 is 2.56 bits per heavy atom. The van der Waals surface area contributed by atoms with Crippen molar-refractivity contribution in [2.75, 3.05) is 38.1 Å². The molecule has 2 aromatic rings. The van der Waals surface area contributed by atoms with Gasteiger partial charge >= 0.3 is 6.03 Å². The Labute approximate surface area is 147 Å². The van der Waals surface area contributed by atoms with Crippen molar-refractivity contribution >= 4 is 23.5 Å². The van der Waals surface area contributed by atoms with Gasteiger partial charge in [-0.15, -0.1) is 0 Å². The number of amides is 2. The number of aromatic nitrogens is 2. The van der Waals surface area contributed by atoms with E-state index in [0.717, 1.165) is 0 Å². The topological polar surface area (TPSA) is 88.6 Å². The predicted molar refractivity (Wildman–Crippen MR) is 96.6 cm³/mol. The molecule has 8 nitrogen and oxygen atoms in total. The minimum absolute atomic E-state index is 0.0367. The highest BCUT2D eigenvalue weighted by atomic mass is 16.5. The molecule has 0 saturated carbocycles. The zero-order chi connectivity index (χ0) is 18.2. The van der Waals surface area contributed by atoms with E-state index in [0.29, 0.717) is 29.8 Å². The lowest BCUT2D eigenvalue weighted by Gasteiger charge is -2.22. The van der Waals surface area contributed by atoms with Crippen LogP contribution in [0.3, 0.4) is 0 Å². The average molecular weight is 345 g/mol. The van der Waals surface area contributed by atoms with E-state index in [1.165, 1.54) is 4.90 Å². The molecule has 0 bridgehead atoms. The smallest absolute Gasteiger partial charge is 0.327 e. The standard InChI is InChI=1S/C17H23N5O3/c1-12(11-24-3)20-16-19-10-9-15(21-16)22(17(23)18-2)13-5-7-14(25-4)8-6-13/h5-10,12H,11H2,1-4H3,(H,18,23)(H,19,20,21). The summed E-state index contributed by atoms with van der Waals surface area (Å²) in [5, 5.41) is 5.77. The molecule has 1 atom stereocenters. The van der Waals surface area contributed by atoms with E-state index in [9.17, 15) is 4.79 Å². The zero-order valence-electron chi connectivity index (χ0n) is 14.8. The van der Waals surface area contributed by atoms with Crippen molar-refractivity contribution in [3.63, 3.8) is 0 Å². The summed E-state index contributed by atoms with van der Waals surface area (Å²) >= 11 is 0. The van der Waals surface area contributed by atoms with Gasteiger partial charge in [-0.3, -0.25) is 0 Å². The third-order valence-corrected chi connectivity index (χ3v) is 3.41. The van der Waals surface area contributed by atoms with E-state index in [4.69, 9.17) is 9.47 Å². The monoisotopic (exact) mass is 345 g/mol. The minimum atomic E-state index is -0.306. The van der Waals surface area contributed by atoms with Crippen LogP contribution in [0, 0.1) is 0 Å². The van der Waals surface area contributed by atoms with Gasteiger partial charge in [0.2, 0.25) is 5.95 Å². The molecular formula is C17H23N5O3. The molecule has 1 unspecified atom stereocenters. The Bertz CT molecular complexity index is 693. The molecule has 0 aliphatic heterocycles. The molecule has 1 aromatic carbocycles. The van der Waals surface area contributed by atoms with E-state index < -0.39 is 0 Å². The Balaban J connectivity index is 2.32. The SMILES string of the molecule is CNC(=O)N(c1ccc(OC)cc1)c1ccnc(NC(C)COC)n1. The van der Waals surface area contributed by atoms with E-state index in [1.54, 1.807) is 57.8 Å². The molecule has 0 aliphatic carbocycles. The first kappa shape index (κ1) is 18.5. The molecule has 1 aromatic heterocycles. The van der Waals surface area contributed by atoms with Crippen molar-refractivity contribution in [1.82, 2.24) is 15.3 Å². The summed E-state index contributed by atoms with van der Waals surface area (Å²) in [5.74, 6) is 1.58. The van der Waals surface area contributed by atoms with Gasteiger partial charge in [0.25, 0.3) is 0 Å². The van der Waals surface area contributed by atoms with E-state index in [2.05, 4.69) is 20.6 Å². The number of hydrogen-bond acceptors (Lipinski definition) is 6. The number of nitrogens with zero attached hydrogens (tertiary/aromatic N) is 3. The van der Waals surface area contributed by atoms with Crippen LogP contribution in [0.2, 0.25) is 0 Å². The number of ether oxygens (including phenoxy) is 2. The lowest BCUT2D eigenvalue weighted by atomic mass is 10.2. The number of methoxy groups -OCH3 is 2. The average Bonchev–Trinajstić information content (AvgIpc) is 2.63. The van der Waals surface area contributed by atoms with Crippen molar-refractivity contribution in [2.45, 2.75) is 13.0 Å². The number of benzene rings is 1. The Kier molecular flexibility index (Phi) is 6.53. The van der Waals surface area contributed by atoms with Crippen LogP contribution < -0.4 is 20.3 Å². The normalized spacial score (nSPS) is 11.5. The molecule has 0 fully saturated rings. The molecule has 0 radical (unpaired) electrons. The van der Waals surface area contributed by atoms with Crippen LogP contribution >= 0.6 is 0 Å². The fourth-order valence-electron chi connectivity index (χ4n) is 2.25. The van der Waals surface area contributed by atoms with Crippen LogP contribution in [0.25, 0.3) is 0 Å². The summed E-state index contributed by atoms with van der Waals surface area (Å²) in [6.45, 7) is 2.48. The lowest BCUT2D eigenvalue weighted by molar-refractivity contribution is 0.190.